The minimum Gasteiger partial charge on any atom is -0.348 e. The van der Waals surface area contributed by atoms with Gasteiger partial charge < -0.3 is 9.13 Å². The Kier molecular flexibility index (Phi) is 8.08. The molecule has 0 aliphatic carbocycles. The number of aryl methyl sites for hydroxylation is 2. The minimum atomic E-state index is -3.56. The highest BCUT2D eigenvalue weighted by molar-refractivity contribution is 7.99. The molecule has 9 heteroatoms. The molecule has 0 spiro atoms. The summed E-state index contributed by atoms with van der Waals surface area (Å²) >= 11 is 1.40. The van der Waals surface area contributed by atoms with Gasteiger partial charge in [0.15, 0.2) is 10.9 Å². The SMILES string of the molecule is CCCn1c(C)cc(C(=O)CSc2nc3cc(S(=O)(=O)N(CC)CC)ccc3n2CC)c1C. The third-order valence-corrected chi connectivity index (χ3v) is 9.02. The second kappa shape index (κ2) is 10.4. The molecule has 0 atom stereocenters. The molecule has 2 heterocycles. The molecule has 0 aliphatic heterocycles. The average molecular weight is 491 g/mol. The fourth-order valence-electron chi connectivity index (χ4n) is 4.24. The Labute approximate surface area is 201 Å². The van der Waals surface area contributed by atoms with Gasteiger partial charge in [0, 0.05) is 43.1 Å². The maximum atomic E-state index is 13.0. The lowest BCUT2D eigenvalue weighted by molar-refractivity contribution is 0.102. The monoisotopic (exact) mass is 490 g/mol. The van der Waals surface area contributed by atoms with E-state index in [-0.39, 0.29) is 16.4 Å². The Morgan fingerprint density at radius 2 is 1.76 bits per heavy atom. The van der Waals surface area contributed by atoms with Crippen LogP contribution in [0, 0.1) is 13.8 Å². The van der Waals surface area contributed by atoms with Crippen molar-refractivity contribution in [1.82, 2.24) is 18.4 Å². The van der Waals surface area contributed by atoms with Gasteiger partial charge in [0.2, 0.25) is 10.0 Å². The number of fused-ring (bicyclic) bond motifs is 1. The van der Waals surface area contributed by atoms with Gasteiger partial charge >= 0.3 is 0 Å². The lowest BCUT2D eigenvalue weighted by atomic mass is 10.2. The minimum absolute atomic E-state index is 0.0787. The molecule has 0 amide bonds. The van der Waals surface area contributed by atoms with Crippen LogP contribution in [-0.4, -0.2) is 51.5 Å². The summed E-state index contributed by atoms with van der Waals surface area (Å²) in [6.45, 7) is 14.3. The van der Waals surface area contributed by atoms with Crippen molar-refractivity contribution in [3.05, 3.63) is 41.2 Å². The van der Waals surface area contributed by atoms with Crippen LogP contribution < -0.4 is 0 Å². The molecule has 0 unspecified atom stereocenters. The molecule has 0 radical (unpaired) electrons. The number of imidazole rings is 1. The molecular formula is C24H34N4O3S2. The molecule has 3 aromatic rings. The zero-order chi connectivity index (χ0) is 24.3. The van der Waals surface area contributed by atoms with Crippen molar-refractivity contribution in [2.75, 3.05) is 18.8 Å². The van der Waals surface area contributed by atoms with Crippen LogP contribution in [0.3, 0.4) is 0 Å². The predicted octanol–water partition coefficient (Wildman–Crippen LogP) is 4.89. The summed E-state index contributed by atoms with van der Waals surface area (Å²) in [4.78, 5) is 17.9. The number of thioether (sulfide) groups is 1. The highest BCUT2D eigenvalue weighted by Gasteiger charge is 2.23. The molecule has 7 nitrogen and oxygen atoms in total. The molecule has 0 aliphatic rings. The van der Waals surface area contributed by atoms with Gasteiger partial charge in [0.25, 0.3) is 0 Å². The van der Waals surface area contributed by atoms with Gasteiger partial charge in [-0.15, -0.1) is 0 Å². The maximum absolute atomic E-state index is 13.0. The third kappa shape index (κ3) is 4.90. The number of sulfonamides is 1. The highest BCUT2D eigenvalue weighted by atomic mass is 32.2. The number of Topliss-reactive ketones (excluding diaryl/α,β-unsaturated/α-hetero) is 1. The van der Waals surface area contributed by atoms with Gasteiger partial charge in [-0.2, -0.15) is 4.31 Å². The number of hydrogen-bond donors (Lipinski definition) is 0. The second-order valence-electron chi connectivity index (χ2n) is 8.03. The van der Waals surface area contributed by atoms with Gasteiger partial charge in [0.1, 0.15) is 0 Å². The van der Waals surface area contributed by atoms with E-state index in [1.165, 1.54) is 16.1 Å². The van der Waals surface area contributed by atoms with E-state index in [0.29, 0.717) is 25.2 Å². The van der Waals surface area contributed by atoms with Crippen LogP contribution in [-0.2, 0) is 23.1 Å². The number of carbonyl (C=O) groups excluding carboxylic acids is 1. The average Bonchev–Trinajstić information content (AvgIpc) is 3.29. The number of benzene rings is 1. The van der Waals surface area contributed by atoms with Gasteiger partial charge in [-0.3, -0.25) is 4.79 Å². The summed E-state index contributed by atoms with van der Waals surface area (Å²) in [6.07, 6.45) is 1.02. The molecule has 2 aromatic heterocycles. The van der Waals surface area contributed by atoms with Crippen molar-refractivity contribution in [2.24, 2.45) is 0 Å². The number of nitrogens with zero attached hydrogens (tertiary/aromatic N) is 4. The van der Waals surface area contributed by atoms with Gasteiger partial charge in [-0.05, 0) is 51.5 Å². The topological polar surface area (TPSA) is 77.2 Å². The maximum Gasteiger partial charge on any atom is 0.243 e. The second-order valence-corrected chi connectivity index (χ2v) is 10.9. The highest BCUT2D eigenvalue weighted by Crippen LogP contribution is 2.28. The van der Waals surface area contributed by atoms with Gasteiger partial charge in [0.05, 0.1) is 21.7 Å². The van der Waals surface area contributed by atoms with E-state index in [0.717, 1.165) is 40.6 Å². The van der Waals surface area contributed by atoms with Gasteiger partial charge in [-0.25, -0.2) is 13.4 Å². The smallest absolute Gasteiger partial charge is 0.243 e. The summed E-state index contributed by atoms with van der Waals surface area (Å²) in [7, 11) is -3.56. The Morgan fingerprint density at radius 3 is 2.36 bits per heavy atom. The summed E-state index contributed by atoms with van der Waals surface area (Å²) < 4.78 is 31.5. The number of rotatable bonds is 11. The lowest BCUT2D eigenvalue weighted by Gasteiger charge is -2.18. The van der Waals surface area contributed by atoms with Crippen LogP contribution in [0.15, 0.2) is 34.3 Å². The zero-order valence-electron chi connectivity index (χ0n) is 20.4. The van der Waals surface area contributed by atoms with E-state index >= 15 is 0 Å². The van der Waals surface area contributed by atoms with E-state index in [2.05, 4.69) is 11.5 Å². The first-order valence-corrected chi connectivity index (χ1v) is 13.9. The summed E-state index contributed by atoms with van der Waals surface area (Å²) in [5, 5.41) is 0.723. The van der Waals surface area contributed by atoms with E-state index in [4.69, 9.17) is 4.98 Å². The Bertz CT molecular complexity index is 1250. The summed E-state index contributed by atoms with van der Waals surface area (Å²) in [5.41, 5.74) is 4.37. The standard InChI is InChI=1S/C24H34N4O3S2/c1-7-13-28-17(5)14-20(18(28)6)23(29)16-32-24-25-21-15-19(11-12-22(21)27(24)10-4)33(30,31)26(8-2)9-3/h11-12,14-15H,7-10,13,16H2,1-6H3. The fourth-order valence-corrected chi connectivity index (χ4v) is 6.68. The molecule has 0 saturated heterocycles. The molecule has 1 aromatic carbocycles. The van der Waals surface area contributed by atoms with Gasteiger partial charge in [-0.1, -0.05) is 32.5 Å². The first-order valence-electron chi connectivity index (χ1n) is 11.5. The normalized spacial score (nSPS) is 12.2. The van der Waals surface area contributed by atoms with Crippen molar-refractivity contribution in [2.45, 2.75) is 71.1 Å². The molecule has 0 saturated carbocycles. The van der Waals surface area contributed by atoms with Crippen molar-refractivity contribution in [3.63, 3.8) is 0 Å². The van der Waals surface area contributed by atoms with Crippen LogP contribution in [0.5, 0.6) is 0 Å². The molecular weight excluding hydrogens is 456 g/mol. The van der Waals surface area contributed by atoms with Crippen LogP contribution in [0.25, 0.3) is 11.0 Å². The Morgan fingerprint density at radius 1 is 1.06 bits per heavy atom. The Balaban J connectivity index is 1.88. The Hall–Kier alpha value is -2.10. The fraction of sp³-hybridized carbons (Fsp3) is 0.500. The van der Waals surface area contributed by atoms with Crippen molar-refractivity contribution >= 4 is 38.6 Å². The first kappa shape index (κ1) is 25.5. The molecule has 180 valence electrons. The van der Waals surface area contributed by atoms with Crippen LogP contribution in [0.1, 0.15) is 55.9 Å². The van der Waals surface area contributed by atoms with Crippen molar-refractivity contribution in [1.29, 1.82) is 0 Å². The molecule has 0 fully saturated rings. The molecule has 0 N–H and O–H groups in total. The van der Waals surface area contributed by atoms with Crippen molar-refractivity contribution in [3.8, 4) is 0 Å². The van der Waals surface area contributed by atoms with Crippen LogP contribution >= 0.6 is 11.8 Å². The van der Waals surface area contributed by atoms with E-state index in [1.54, 1.807) is 12.1 Å². The summed E-state index contributed by atoms with van der Waals surface area (Å²) in [5.74, 6) is 0.361. The zero-order valence-corrected chi connectivity index (χ0v) is 22.0. The third-order valence-electron chi connectivity index (χ3n) is 6.00. The van der Waals surface area contributed by atoms with E-state index in [9.17, 15) is 13.2 Å². The number of ketones is 1. The number of carbonyl (C=O) groups is 1. The number of hydrogen-bond acceptors (Lipinski definition) is 5. The quantitative estimate of drug-likeness (QED) is 0.282. The van der Waals surface area contributed by atoms with Crippen LogP contribution in [0.2, 0.25) is 0 Å². The molecule has 3 rings (SSSR count). The summed E-state index contributed by atoms with van der Waals surface area (Å²) in [6, 6.07) is 7.07. The molecule has 33 heavy (non-hydrogen) atoms. The first-order chi connectivity index (χ1) is 15.7. The predicted molar refractivity (Wildman–Crippen MR) is 135 cm³/mol. The number of aromatic nitrogens is 3. The lowest BCUT2D eigenvalue weighted by Crippen LogP contribution is -2.30. The van der Waals surface area contributed by atoms with Crippen LogP contribution in [0.4, 0.5) is 0 Å². The molecule has 0 bridgehead atoms. The van der Waals surface area contributed by atoms with E-state index in [1.807, 2.05) is 51.3 Å². The largest absolute Gasteiger partial charge is 0.348 e. The van der Waals surface area contributed by atoms with Crippen molar-refractivity contribution < 1.29 is 13.2 Å². The van der Waals surface area contributed by atoms with E-state index < -0.39 is 10.0 Å².